The lowest BCUT2D eigenvalue weighted by molar-refractivity contribution is -0.127. The average Bonchev–Trinajstić information content (AvgIpc) is 3.16. The molecule has 0 aromatic heterocycles. The van der Waals surface area contributed by atoms with Crippen molar-refractivity contribution >= 4 is 17.7 Å². The van der Waals surface area contributed by atoms with Gasteiger partial charge in [-0.25, -0.2) is 4.39 Å². The van der Waals surface area contributed by atoms with Gasteiger partial charge in [0.1, 0.15) is 5.82 Å². The molecule has 0 bridgehead atoms. The van der Waals surface area contributed by atoms with Gasteiger partial charge in [0.25, 0.3) is 0 Å². The number of carbonyl (C=O) groups is 1. The van der Waals surface area contributed by atoms with Crippen molar-refractivity contribution in [2.24, 2.45) is 0 Å². The molecule has 1 saturated heterocycles. The van der Waals surface area contributed by atoms with E-state index in [-0.39, 0.29) is 17.8 Å². The van der Waals surface area contributed by atoms with Crippen LogP contribution in [0.25, 0.3) is 0 Å². The van der Waals surface area contributed by atoms with Crippen molar-refractivity contribution < 1.29 is 9.18 Å². The summed E-state index contributed by atoms with van der Waals surface area (Å²) in [6, 6.07) is 17.2. The van der Waals surface area contributed by atoms with Crippen molar-refractivity contribution in [3.8, 4) is 0 Å². The van der Waals surface area contributed by atoms with Crippen LogP contribution >= 0.6 is 11.8 Å². The molecule has 1 aliphatic rings. The molecule has 2 unspecified atom stereocenters. The van der Waals surface area contributed by atoms with Crippen LogP contribution in [-0.2, 0) is 4.79 Å². The van der Waals surface area contributed by atoms with Gasteiger partial charge in [-0.3, -0.25) is 15.6 Å². The molecule has 0 spiro atoms. The molecule has 0 aliphatic carbocycles. The summed E-state index contributed by atoms with van der Waals surface area (Å²) in [5.74, 6) is 0.413. The number of rotatable bonds is 8. The summed E-state index contributed by atoms with van der Waals surface area (Å²) < 4.78 is 13.4. The monoisotopic (exact) mass is 387 g/mol. The van der Waals surface area contributed by atoms with Crippen LogP contribution in [0.3, 0.4) is 0 Å². The highest BCUT2D eigenvalue weighted by Gasteiger charge is 2.25. The van der Waals surface area contributed by atoms with E-state index < -0.39 is 0 Å². The van der Waals surface area contributed by atoms with E-state index >= 15 is 0 Å². The predicted octanol–water partition coefficient (Wildman–Crippen LogP) is 3.76. The maximum absolute atomic E-state index is 13.4. The van der Waals surface area contributed by atoms with Gasteiger partial charge in [-0.15, -0.1) is 11.8 Å². The summed E-state index contributed by atoms with van der Waals surface area (Å²) in [5.41, 5.74) is 7.51. The molecular weight excluding hydrogens is 361 g/mol. The van der Waals surface area contributed by atoms with Gasteiger partial charge in [0.2, 0.25) is 5.91 Å². The molecule has 27 heavy (non-hydrogen) atoms. The number of carbonyl (C=O) groups excluding carboxylic acids is 1. The minimum absolute atomic E-state index is 0.132. The number of hydrogen-bond acceptors (Lipinski definition) is 4. The number of hydrogen-bond donors (Lipinski definition) is 2. The summed E-state index contributed by atoms with van der Waals surface area (Å²) in [4.78, 5) is 15.2. The van der Waals surface area contributed by atoms with E-state index in [1.54, 1.807) is 23.9 Å². The first-order valence-electron chi connectivity index (χ1n) is 9.30. The van der Waals surface area contributed by atoms with Crippen LogP contribution in [-0.4, -0.2) is 36.2 Å². The standard InChI is InChI=1S/C21H26FN3OS/c1-25(21(26)15-27-19-10-3-2-4-11-19)12-6-9-18-14-20(24-23-18)16-7-5-8-17(22)13-16/h2-5,7-8,10-11,13,18,20,23-24H,6,9,12,14-15H2,1H3. The second-order valence-corrected chi connectivity index (χ2v) is 7.94. The fourth-order valence-corrected chi connectivity index (χ4v) is 4.09. The van der Waals surface area contributed by atoms with E-state index in [0.717, 1.165) is 36.3 Å². The third-order valence-corrected chi connectivity index (χ3v) is 5.81. The molecule has 2 atom stereocenters. The number of nitrogens with one attached hydrogen (secondary N) is 2. The lowest BCUT2D eigenvalue weighted by atomic mass is 9.99. The van der Waals surface area contributed by atoms with Gasteiger partial charge in [0.05, 0.1) is 5.75 Å². The zero-order chi connectivity index (χ0) is 19.1. The number of nitrogens with zero attached hydrogens (tertiary/aromatic N) is 1. The van der Waals surface area contributed by atoms with Crippen LogP contribution in [0.4, 0.5) is 4.39 Å². The zero-order valence-electron chi connectivity index (χ0n) is 15.5. The summed E-state index contributed by atoms with van der Waals surface area (Å²) in [7, 11) is 1.86. The second-order valence-electron chi connectivity index (χ2n) is 6.89. The Kier molecular flexibility index (Phi) is 7.26. The topological polar surface area (TPSA) is 44.4 Å². The maximum atomic E-state index is 13.4. The molecule has 1 heterocycles. The van der Waals surface area contributed by atoms with E-state index in [1.165, 1.54) is 6.07 Å². The summed E-state index contributed by atoms with van der Waals surface area (Å²) in [5, 5.41) is 0. The van der Waals surface area contributed by atoms with Crippen molar-refractivity contribution in [1.29, 1.82) is 0 Å². The van der Waals surface area contributed by atoms with Gasteiger partial charge < -0.3 is 4.90 Å². The quantitative estimate of drug-likeness (QED) is 0.677. The molecule has 144 valence electrons. The third kappa shape index (κ3) is 6.06. The van der Waals surface area contributed by atoms with Gasteiger partial charge in [-0.1, -0.05) is 30.3 Å². The van der Waals surface area contributed by atoms with Crippen LogP contribution in [0.5, 0.6) is 0 Å². The smallest absolute Gasteiger partial charge is 0.232 e. The minimum Gasteiger partial charge on any atom is -0.345 e. The van der Waals surface area contributed by atoms with Crippen LogP contribution in [0.2, 0.25) is 0 Å². The Morgan fingerprint density at radius 2 is 2.00 bits per heavy atom. The fraction of sp³-hybridized carbons (Fsp3) is 0.381. The molecule has 3 rings (SSSR count). The molecule has 2 aromatic carbocycles. The van der Waals surface area contributed by atoms with Crippen molar-refractivity contribution in [2.75, 3.05) is 19.3 Å². The summed E-state index contributed by atoms with van der Waals surface area (Å²) in [6.45, 7) is 0.747. The van der Waals surface area contributed by atoms with Crippen molar-refractivity contribution in [3.63, 3.8) is 0 Å². The molecule has 1 aliphatic heterocycles. The van der Waals surface area contributed by atoms with E-state index in [4.69, 9.17) is 0 Å². The molecule has 2 N–H and O–H groups in total. The fourth-order valence-electron chi connectivity index (χ4n) is 3.23. The van der Waals surface area contributed by atoms with E-state index in [2.05, 4.69) is 10.9 Å². The lowest BCUT2D eigenvalue weighted by Crippen LogP contribution is -2.33. The zero-order valence-corrected chi connectivity index (χ0v) is 16.3. The van der Waals surface area contributed by atoms with Crippen LogP contribution in [0.1, 0.15) is 30.9 Å². The highest BCUT2D eigenvalue weighted by atomic mass is 32.2. The van der Waals surface area contributed by atoms with E-state index in [9.17, 15) is 9.18 Å². The third-order valence-electron chi connectivity index (χ3n) is 4.81. The molecule has 2 aromatic rings. The predicted molar refractivity (Wildman–Crippen MR) is 108 cm³/mol. The molecule has 1 fully saturated rings. The average molecular weight is 388 g/mol. The molecular formula is C21H26FN3OS. The molecule has 1 amide bonds. The highest BCUT2D eigenvalue weighted by molar-refractivity contribution is 8.00. The molecule has 0 radical (unpaired) electrons. The molecule has 0 saturated carbocycles. The Balaban J connectivity index is 1.35. The minimum atomic E-state index is -0.203. The number of thioether (sulfide) groups is 1. The van der Waals surface area contributed by atoms with Gasteiger partial charge in [-0.05, 0) is 49.1 Å². The summed E-state index contributed by atoms with van der Waals surface area (Å²) in [6.07, 6.45) is 2.83. The van der Waals surface area contributed by atoms with Crippen molar-refractivity contribution in [3.05, 3.63) is 66.0 Å². The first kappa shape index (κ1) is 19.9. The Morgan fingerprint density at radius 1 is 1.19 bits per heavy atom. The Hall–Kier alpha value is -1.89. The number of halogens is 1. The highest BCUT2D eigenvalue weighted by Crippen LogP contribution is 2.24. The summed E-state index contributed by atoms with van der Waals surface area (Å²) >= 11 is 1.57. The van der Waals surface area contributed by atoms with Crippen molar-refractivity contribution in [1.82, 2.24) is 15.8 Å². The Labute approximate surface area is 164 Å². The SMILES string of the molecule is CN(CCCC1CC(c2cccc(F)c2)NN1)C(=O)CSc1ccccc1. The first-order valence-corrected chi connectivity index (χ1v) is 10.3. The number of amides is 1. The lowest BCUT2D eigenvalue weighted by Gasteiger charge is -2.18. The second kappa shape index (κ2) is 9.88. The van der Waals surface area contributed by atoms with Crippen molar-refractivity contribution in [2.45, 2.75) is 36.2 Å². The molecule has 6 heteroatoms. The van der Waals surface area contributed by atoms with Crippen LogP contribution in [0, 0.1) is 5.82 Å². The van der Waals surface area contributed by atoms with Gasteiger partial charge in [0, 0.05) is 30.6 Å². The maximum Gasteiger partial charge on any atom is 0.232 e. The van der Waals surface area contributed by atoms with Crippen LogP contribution in [0.15, 0.2) is 59.5 Å². The van der Waals surface area contributed by atoms with Gasteiger partial charge in [0.15, 0.2) is 0 Å². The normalized spacial score (nSPS) is 19.2. The number of benzene rings is 2. The Bertz CT molecular complexity index is 743. The first-order chi connectivity index (χ1) is 13.1. The van der Waals surface area contributed by atoms with Gasteiger partial charge >= 0.3 is 0 Å². The van der Waals surface area contributed by atoms with Crippen LogP contribution < -0.4 is 10.9 Å². The van der Waals surface area contributed by atoms with E-state index in [1.807, 2.05) is 48.3 Å². The van der Waals surface area contributed by atoms with E-state index in [0.29, 0.717) is 11.8 Å². The molecule has 4 nitrogen and oxygen atoms in total. The number of hydrazine groups is 1. The largest absolute Gasteiger partial charge is 0.345 e. The Morgan fingerprint density at radius 3 is 2.78 bits per heavy atom. The van der Waals surface area contributed by atoms with Gasteiger partial charge in [-0.2, -0.15) is 0 Å².